The van der Waals surface area contributed by atoms with Crippen LogP contribution in [0.15, 0.2) is 116 Å². The minimum atomic E-state index is -4.64. The summed E-state index contributed by atoms with van der Waals surface area (Å²) < 4.78 is 144. The number of aryl methyl sites for hydroxylation is 4. The van der Waals surface area contributed by atoms with Crippen molar-refractivity contribution in [2.24, 2.45) is 5.73 Å². The molecule has 0 unspecified atom stereocenters. The molecule has 4 N–H and O–H groups in total. The van der Waals surface area contributed by atoms with Gasteiger partial charge in [0.1, 0.15) is 22.4 Å². The van der Waals surface area contributed by atoms with Crippen molar-refractivity contribution in [3.05, 3.63) is 182 Å². The number of alkyl halides is 3. The Kier molecular flexibility index (Phi) is 41.0. The zero-order valence-corrected chi connectivity index (χ0v) is 87.5. The molecule has 0 bridgehead atoms. The van der Waals surface area contributed by atoms with Gasteiger partial charge in [-0.1, -0.05) is 24.3 Å². The molecule has 792 valence electrons. The van der Waals surface area contributed by atoms with Crippen LogP contribution < -0.4 is 114 Å². The predicted molar refractivity (Wildman–Crippen MR) is 538 cm³/mol. The molecular formula is C106H135F3N4O32. The molecule has 0 aromatic heterocycles. The van der Waals surface area contributed by atoms with E-state index < -0.39 is 77.4 Å². The van der Waals surface area contributed by atoms with E-state index >= 15 is 0 Å². The van der Waals surface area contributed by atoms with Crippen LogP contribution in [0.1, 0.15) is 194 Å². The van der Waals surface area contributed by atoms with Gasteiger partial charge < -0.3 is 116 Å². The maximum atomic E-state index is 13.2. The van der Waals surface area contributed by atoms with Crippen molar-refractivity contribution in [1.29, 1.82) is 0 Å². The number of rotatable bonds is 19. The molecule has 4 amide bonds. The van der Waals surface area contributed by atoms with Crippen LogP contribution in [0, 0.1) is 0 Å². The number of nitrogens with zero attached hydrogens (tertiary/aromatic N) is 1. The largest absolute Gasteiger partial charge is 0.519 e. The van der Waals surface area contributed by atoms with Gasteiger partial charge in [-0.2, -0.15) is 13.2 Å². The fourth-order valence-corrected chi connectivity index (χ4v) is 16.5. The Balaban J connectivity index is 0.000000323. The first kappa shape index (κ1) is 117. The number of aldehydes is 1. The van der Waals surface area contributed by atoms with Crippen molar-refractivity contribution in [1.82, 2.24) is 15.5 Å². The van der Waals surface area contributed by atoms with Crippen LogP contribution >= 0.6 is 0 Å². The van der Waals surface area contributed by atoms with Crippen molar-refractivity contribution in [3.63, 3.8) is 0 Å². The molecule has 145 heavy (non-hydrogen) atoms. The standard InChI is InChI=1S/C27H33NO8.C25H31NO7.C22H25NO6.C20H23NO5.C10H18O5.C2HF3O.2H2/c1-15(29)28(26(31)36-27(2,3)4)19-11-9-16-13-22(33-6)24(34-7)25(35-8)23(16)17-10-12-21(32-5)20(30)14-18(17)19;1-25(2,3)33-24(28)26-17-10-8-14-12-20(30-5)22(31-6)23(32-7)21(14)15-9-11-19(29-4)18(27)13-16(15)17;1-12(24)23-16-8-6-13-10-19(27-3)21(28-4)22(29-5)20(13)14-7-9-18(26-2)17(25)11-15(14)16;1-23-16-8-6-12-13(10-15(16)22)14(21)7-5-11-9-17(24-2)19(25-3)20(26-4)18(11)12;1-9(2,3)14-7(11)13-8(12)15-10(4,5)6;3-2(4,5)1-6;;/h10,12-14,19H,9,11H2,1-8H3;9,11-13,17H,8,10H2,1-7H3,(H,26,28);7,9-11,16H,6,8H2,1-5H3,(H,23,24);6,8-10,14H,5,7,21H2,1-4H3;1-6H3;1H;2*1H/t19-;17-;16-;14-;;;;/m0000..../s1. The Morgan fingerprint density at radius 1 is 0.345 bits per heavy atom. The average molecular weight is 2030 g/mol. The molecule has 12 rings (SSSR count). The van der Waals surface area contributed by atoms with Crippen LogP contribution in [-0.4, -0.2) is 190 Å². The zero-order valence-electron chi connectivity index (χ0n) is 87.5. The van der Waals surface area contributed by atoms with E-state index in [1.807, 2.05) is 36.4 Å². The number of nitrogens with one attached hydrogen (secondary N) is 2. The second-order valence-electron chi connectivity index (χ2n) is 36.6. The summed E-state index contributed by atoms with van der Waals surface area (Å²) in [6.45, 7) is 23.4. The maximum absolute atomic E-state index is 13.2. The molecule has 39 heteroatoms. The topological polar surface area (TPSA) is 435 Å². The van der Waals surface area contributed by atoms with Gasteiger partial charge in [0.15, 0.2) is 69.0 Å². The number of carbonyl (C=O) groups is 7. The Bertz CT molecular complexity index is 6290. The molecule has 0 aliphatic heterocycles. The summed E-state index contributed by atoms with van der Waals surface area (Å²) in [5.41, 5.74) is 14.8. The van der Waals surface area contributed by atoms with Gasteiger partial charge in [-0.3, -0.25) is 33.6 Å². The molecule has 0 saturated heterocycles. The summed E-state index contributed by atoms with van der Waals surface area (Å²) in [6.07, 6.45) is -4.55. The lowest BCUT2D eigenvalue weighted by atomic mass is 9.95. The summed E-state index contributed by atoms with van der Waals surface area (Å²) in [5.74, 6) is 6.12. The first-order valence-electron chi connectivity index (χ1n) is 45.6. The Labute approximate surface area is 842 Å². The number of amides is 4. The second kappa shape index (κ2) is 50.8. The highest BCUT2D eigenvalue weighted by Gasteiger charge is 2.40. The van der Waals surface area contributed by atoms with Gasteiger partial charge in [-0.05, 0) is 274 Å². The van der Waals surface area contributed by atoms with E-state index in [-0.39, 0.29) is 65.6 Å². The normalized spacial score (nSPS) is 14.4. The fraction of sp³-hybridized carbons (Fsp3) is 0.443. The number of benzene rings is 4. The molecule has 0 heterocycles. The summed E-state index contributed by atoms with van der Waals surface area (Å²) >= 11 is 0. The van der Waals surface area contributed by atoms with E-state index in [0.717, 1.165) is 72.5 Å². The molecule has 8 aromatic carbocycles. The lowest BCUT2D eigenvalue weighted by Gasteiger charge is -2.31. The molecule has 0 saturated carbocycles. The number of alkyl carbamates (subject to hydrolysis) is 1. The lowest BCUT2D eigenvalue weighted by Crippen LogP contribution is -2.42. The number of methoxy groups -OCH3 is 16. The van der Waals surface area contributed by atoms with Crippen molar-refractivity contribution in [2.45, 2.75) is 201 Å². The van der Waals surface area contributed by atoms with Crippen molar-refractivity contribution >= 4 is 42.6 Å². The number of carbonyl (C=O) groups excluding carboxylic acids is 7. The Morgan fingerprint density at radius 2 is 0.607 bits per heavy atom. The van der Waals surface area contributed by atoms with Gasteiger partial charge in [-0.25, -0.2) is 24.1 Å². The smallest absolute Gasteiger partial charge is 0.493 e. The number of nitrogens with two attached hydrogens (primary N) is 1. The van der Waals surface area contributed by atoms with E-state index in [1.165, 1.54) is 81.8 Å². The van der Waals surface area contributed by atoms with Gasteiger partial charge in [0.05, 0.1) is 132 Å². The van der Waals surface area contributed by atoms with Crippen LogP contribution in [0.2, 0.25) is 0 Å². The van der Waals surface area contributed by atoms with Crippen LogP contribution in [-0.2, 0) is 63.8 Å². The van der Waals surface area contributed by atoms with Gasteiger partial charge in [0.2, 0.25) is 62.8 Å². The minimum Gasteiger partial charge on any atom is -0.493 e. The summed E-state index contributed by atoms with van der Waals surface area (Å²) in [4.78, 5) is 133. The quantitative estimate of drug-likeness (QED) is 0.0293. The number of fused-ring (bicyclic) bond motifs is 12. The third kappa shape index (κ3) is 29.9. The van der Waals surface area contributed by atoms with E-state index in [4.69, 9.17) is 105 Å². The number of halogens is 3. The maximum Gasteiger partial charge on any atom is 0.519 e. The van der Waals surface area contributed by atoms with E-state index in [1.54, 1.807) is 190 Å². The first-order chi connectivity index (χ1) is 68.1. The van der Waals surface area contributed by atoms with Crippen molar-refractivity contribution < 1.29 is 149 Å². The highest BCUT2D eigenvalue weighted by Crippen LogP contribution is 2.56. The van der Waals surface area contributed by atoms with Crippen molar-refractivity contribution in [2.75, 3.05) is 114 Å². The van der Waals surface area contributed by atoms with Gasteiger partial charge in [-0.15, -0.1) is 0 Å². The number of hydrogen-bond acceptors (Lipinski definition) is 33. The van der Waals surface area contributed by atoms with E-state index in [2.05, 4.69) is 15.4 Å². The number of hydrogen-bond donors (Lipinski definition) is 3. The molecule has 0 radical (unpaired) electrons. The molecule has 4 aliphatic rings. The predicted octanol–water partition coefficient (Wildman–Crippen LogP) is 18.5. The van der Waals surface area contributed by atoms with Gasteiger partial charge in [0, 0.05) is 45.0 Å². The molecule has 4 atom stereocenters. The van der Waals surface area contributed by atoms with Crippen LogP contribution in [0.3, 0.4) is 0 Å². The second-order valence-corrected chi connectivity index (χ2v) is 36.6. The summed E-state index contributed by atoms with van der Waals surface area (Å²) in [7, 11) is 24.4. The van der Waals surface area contributed by atoms with Crippen LogP contribution in [0.4, 0.5) is 32.3 Å². The zero-order chi connectivity index (χ0) is 109. The monoisotopic (exact) mass is 2030 g/mol. The Hall–Kier alpha value is -14.9. The molecule has 4 aliphatic carbocycles. The van der Waals surface area contributed by atoms with Gasteiger partial charge >= 0.3 is 30.7 Å². The van der Waals surface area contributed by atoms with E-state index in [0.29, 0.717) is 142 Å². The van der Waals surface area contributed by atoms with Gasteiger partial charge in [0.25, 0.3) is 0 Å². The van der Waals surface area contributed by atoms with Crippen LogP contribution in [0.5, 0.6) is 92.0 Å². The number of ether oxygens (including phenoxy) is 21. The first-order valence-corrected chi connectivity index (χ1v) is 45.6. The third-order valence-electron chi connectivity index (χ3n) is 22.3. The molecule has 8 aromatic rings. The molecule has 36 nitrogen and oxygen atoms in total. The summed E-state index contributed by atoms with van der Waals surface area (Å²) in [6, 6.07) is 25.4. The van der Waals surface area contributed by atoms with Crippen LogP contribution in [0.25, 0.3) is 44.5 Å². The fourth-order valence-electron chi connectivity index (χ4n) is 16.5. The SMILES string of the molecule is CC(C)(C)OC(=O)OC(=O)OC(C)(C)C.COc1cc2c(c(OC)c1OC)-c1ccc(OC)c(=O)cc1[C@@H](N(C(C)=O)C(=O)OC(C)(C)C)CC2.COc1cc2c(c(OC)c1OC)-c1ccc(OC)c(=O)cc1[C@@H](N)CC2.COc1cc2c(c(OC)c1OC)-c1ccc(OC)c(=O)cc1[C@@H](NC(=O)OC(C)(C)C)CC2.COc1cc2c(c(OC)c1OC)-c1ccc(OC)c(=O)cc1[C@@H](NC(C)=O)CC2.O=CC(F)(F)F.[HH].[HH]. The van der Waals surface area contributed by atoms with Crippen molar-refractivity contribution in [3.8, 4) is 136 Å². The summed E-state index contributed by atoms with van der Waals surface area (Å²) in [5, 5.41) is 5.90. The molecular weight excluding hydrogens is 1900 g/mol. The highest BCUT2D eigenvalue weighted by molar-refractivity contribution is 5.93. The lowest BCUT2D eigenvalue weighted by molar-refractivity contribution is -0.156. The Morgan fingerprint density at radius 3 is 0.876 bits per heavy atom. The average Bonchev–Trinajstić information content (AvgIpc) is 1.64. The number of imide groups is 1. The molecule has 0 fully saturated rings. The van der Waals surface area contributed by atoms with E-state index in [9.17, 15) is 61.1 Å². The molecule has 0 spiro atoms. The minimum absolute atomic E-state index is 0. The third-order valence-corrected chi connectivity index (χ3v) is 22.3. The highest BCUT2D eigenvalue weighted by atomic mass is 19.4.